The van der Waals surface area contributed by atoms with Gasteiger partial charge in [-0.2, -0.15) is 0 Å². The molecule has 1 heterocycles. The zero-order chi connectivity index (χ0) is 15.0. The molecule has 0 aliphatic rings. The van der Waals surface area contributed by atoms with Crippen molar-refractivity contribution in [1.29, 1.82) is 0 Å². The normalized spacial score (nSPS) is 10.8. The Morgan fingerprint density at radius 1 is 1.24 bits per heavy atom. The number of benzene rings is 2. The lowest BCUT2D eigenvalue weighted by molar-refractivity contribution is 0.955. The van der Waals surface area contributed by atoms with E-state index in [4.69, 9.17) is 17.4 Å². The highest BCUT2D eigenvalue weighted by atomic mass is 79.9. The summed E-state index contributed by atoms with van der Waals surface area (Å²) in [6, 6.07) is 12.2. The topological polar surface area (TPSA) is 72.9 Å². The van der Waals surface area contributed by atoms with Gasteiger partial charge in [0.05, 0.1) is 16.6 Å². The highest BCUT2D eigenvalue weighted by Gasteiger charge is 2.12. The van der Waals surface area contributed by atoms with Crippen molar-refractivity contribution < 1.29 is 0 Å². The molecular weight excluding hydrogens is 356 g/mol. The molecular formula is C14H10BrClN4O. The molecule has 0 unspecified atom stereocenters. The van der Waals surface area contributed by atoms with Crippen LogP contribution in [0.4, 0.5) is 5.95 Å². The number of aromatic nitrogens is 2. The van der Waals surface area contributed by atoms with Gasteiger partial charge in [-0.15, -0.1) is 0 Å². The molecule has 7 heteroatoms. The van der Waals surface area contributed by atoms with E-state index >= 15 is 0 Å². The molecule has 0 spiro atoms. The number of nitrogens with two attached hydrogens (primary N) is 1. The molecule has 0 saturated heterocycles. The van der Waals surface area contributed by atoms with Crippen molar-refractivity contribution in [2.24, 2.45) is 5.84 Å². The van der Waals surface area contributed by atoms with E-state index in [0.717, 1.165) is 4.47 Å². The van der Waals surface area contributed by atoms with Crippen LogP contribution in [0.25, 0.3) is 16.6 Å². The third-order valence-corrected chi connectivity index (χ3v) is 3.75. The number of hydrogen-bond donors (Lipinski definition) is 2. The molecule has 3 N–H and O–H groups in total. The van der Waals surface area contributed by atoms with Crippen LogP contribution in [0.15, 0.2) is 51.7 Å². The molecule has 3 aromatic rings. The van der Waals surface area contributed by atoms with Gasteiger partial charge in [-0.3, -0.25) is 10.2 Å². The Bertz CT molecular complexity index is 894. The summed E-state index contributed by atoms with van der Waals surface area (Å²) in [6.07, 6.45) is 0. The molecule has 0 bridgehead atoms. The minimum Gasteiger partial charge on any atom is -0.293 e. The van der Waals surface area contributed by atoms with Crippen molar-refractivity contribution >= 4 is 44.4 Å². The number of nitrogen functional groups attached to an aromatic ring is 1. The summed E-state index contributed by atoms with van der Waals surface area (Å²) in [5, 5.41) is 1.01. The summed E-state index contributed by atoms with van der Waals surface area (Å²) >= 11 is 9.35. The molecule has 21 heavy (non-hydrogen) atoms. The van der Waals surface area contributed by atoms with Crippen LogP contribution in [0.2, 0.25) is 5.02 Å². The molecule has 3 rings (SSSR count). The second-order valence-electron chi connectivity index (χ2n) is 4.36. The summed E-state index contributed by atoms with van der Waals surface area (Å²) in [7, 11) is 0. The highest BCUT2D eigenvalue weighted by molar-refractivity contribution is 9.10. The van der Waals surface area contributed by atoms with E-state index in [9.17, 15) is 4.79 Å². The molecule has 1 aromatic heterocycles. The summed E-state index contributed by atoms with van der Waals surface area (Å²) in [5.74, 6) is 5.75. The number of halogens is 2. The van der Waals surface area contributed by atoms with Crippen molar-refractivity contribution in [1.82, 2.24) is 9.55 Å². The Morgan fingerprint density at radius 2 is 2.05 bits per heavy atom. The van der Waals surface area contributed by atoms with Gasteiger partial charge in [-0.1, -0.05) is 33.6 Å². The number of nitrogens with zero attached hydrogens (tertiary/aromatic N) is 2. The predicted octanol–water partition coefficient (Wildman–Crippen LogP) is 3.09. The van der Waals surface area contributed by atoms with Crippen LogP contribution in [0.1, 0.15) is 0 Å². The number of rotatable bonds is 2. The van der Waals surface area contributed by atoms with E-state index < -0.39 is 0 Å². The lowest BCUT2D eigenvalue weighted by Crippen LogP contribution is -2.26. The van der Waals surface area contributed by atoms with E-state index in [1.54, 1.807) is 36.4 Å². The first-order chi connectivity index (χ1) is 10.1. The van der Waals surface area contributed by atoms with E-state index in [1.165, 1.54) is 4.57 Å². The first kappa shape index (κ1) is 14.1. The van der Waals surface area contributed by atoms with Crippen molar-refractivity contribution in [3.8, 4) is 5.69 Å². The summed E-state index contributed by atoms with van der Waals surface area (Å²) < 4.78 is 2.20. The maximum absolute atomic E-state index is 12.7. The molecule has 5 nitrogen and oxygen atoms in total. The van der Waals surface area contributed by atoms with Gasteiger partial charge in [0, 0.05) is 9.50 Å². The van der Waals surface area contributed by atoms with Crippen LogP contribution < -0.4 is 16.8 Å². The van der Waals surface area contributed by atoms with Crippen LogP contribution in [-0.4, -0.2) is 9.55 Å². The van der Waals surface area contributed by atoms with Gasteiger partial charge in [0.15, 0.2) is 0 Å². The number of hydrogen-bond acceptors (Lipinski definition) is 4. The number of anilines is 1. The molecule has 0 saturated carbocycles. The van der Waals surface area contributed by atoms with E-state index in [2.05, 4.69) is 26.3 Å². The largest absolute Gasteiger partial charge is 0.293 e. The van der Waals surface area contributed by atoms with Gasteiger partial charge in [-0.05, 0) is 36.4 Å². The zero-order valence-corrected chi connectivity index (χ0v) is 13.0. The van der Waals surface area contributed by atoms with Crippen LogP contribution in [-0.2, 0) is 0 Å². The third kappa shape index (κ3) is 2.53. The monoisotopic (exact) mass is 364 g/mol. The van der Waals surface area contributed by atoms with Crippen LogP contribution >= 0.6 is 27.5 Å². The third-order valence-electron chi connectivity index (χ3n) is 3.03. The first-order valence-corrected chi connectivity index (χ1v) is 7.22. The predicted molar refractivity (Wildman–Crippen MR) is 87.9 cm³/mol. The van der Waals surface area contributed by atoms with Crippen molar-refractivity contribution in [3.05, 3.63) is 62.3 Å². The Balaban J connectivity index is 2.40. The lowest BCUT2D eigenvalue weighted by Gasteiger charge is -2.13. The van der Waals surface area contributed by atoms with Crippen LogP contribution in [0.5, 0.6) is 0 Å². The van der Waals surface area contributed by atoms with Gasteiger partial charge in [0.1, 0.15) is 0 Å². The molecule has 0 fully saturated rings. The second-order valence-corrected chi connectivity index (χ2v) is 5.71. The Hall–Kier alpha value is -1.89. The molecule has 0 amide bonds. The Labute approximate surface area is 133 Å². The number of hydrazine groups is 1. The fourth-order valence-electron chi connectivity index (χ4n) is 2.11. The minimum atomic E-state index is -0.225. The van der Waals surface area contributed by atoms with Crippen LogP contribution in [0, 0.1) is 0 Å². The summed E-state index contributed by atoms with van der Waals surface area (Å²) in [6.45, 7) is 0. The van der Waals surface area contributed by atoms with Crippen molar-refractivity contribution in [2.45, 2.75) is 0 Å². The second kappa shape index (κ2) is 5.48. The maximum Gasteiger partial charge on any atom is 0.267 e. The van der Waals surface area contributed by atoms with Gasteiger partial charge in [0.25, 0.3) is 5.56 Å². The smallest absolute Gasteiger partial charge is 0.267 e. The molecule has 0 aliphatic heterocycles. The lowest BCUT2D eigenvalue weighted by atomic mass is 10.2. The number of nitrogens with one attached hydrogen (secondary N) is 1. The van der Waals surface area contributed by atoms with Gasteiger partial charge in [0.2, 0.25) is 5.95 Å². The van der Waals surface area contributed by atoms with Gasteiger partial charge in [-0.25, -0.2) is 15.4 Å². The highest BCUT2D eigenvalue weighted by Crippen LogP contribution is 2.20. The maximum atomic E-state index is 12.7. The molecule has 106 valence electrons. The summed E-state index contributed by atoms with van der Waals surface area (Å²) in [5.41, 5.74) is 3.39. The van der Waals surface area contributed by atoms with Gasteiger partial charge >= 0.3 is 0 Å². The fraction of sp³-hybridized carbons (Fsp3) is 0. The molecule has 0 radical (unpaired) electrons. The molecule has 2 aromatic carbocycles. The molecule has 0 atom stereocenters. The average molecular weight is 366 g/mol. The fourth-order valence-corrected chi connectivity index (χ4v) is 2.65. The Morgan fingerprint density at radius 3 is 2.76 bits per heavy atom. The van der Waals surface area contributed by atoms with E-state index in [0.29, 0.717) is 21.6 Å². The quantitative estimate of drug-likeness (QED) is 0.541. The zero-order valence-electron chi connectivity index (χ0n) is 10.7. The van der Waals surface area contributed by atoms with Crippen LogP contribution in [0.3, 0.4) is 0 Å². The SMILES string of the molecule is NNc1nc2ccc(Br)cc2c(=O)n1-c1cccc(Cl)c1. The van der Waals surface area contributed by atoms with Gasteiger partial charge < -0.3 is 0 Å². The van der Waals surface area contributed by atoms with E-state index in [1.807, 2.05) is 6.07 Å². The first-order valence-electron chi connectivity index (χ1n) is 6.05. The minimum absolute atomic E-state index is 0.225. The summed E-state index contributed by atoms with van der Waals surface area (Å²) in [4.78, 5) is 17.1. The van der Waals surface area contributed by atoms with E-state index in [-0.39, 0.29) is 11.5 Å². The average Bonchev–Trinajstić information content (AvgIpc) is 2.47. The van der Waals surface area contributed by atoms with Crippen molar-refractivity contribution in [3.63, 3.8) is 0 Å². The van der Waals surface area contributed by atoms with Crippen molar-refractivity contribution in [2.75, 3.05) is 5.43 Å². The Kier molecular flexibility index (Phi) is 3.67. The molecule has 0 aliphatic carbocycles. The standard InChI is InChI=1S/C14H10BrClN4O/c15-8-4-5-12-11(6-8)13(21)20(14(18-12)19-17)10-3-1-2-9(16)7-10/h1-7H,17H2,(H,18,19). The number of fused-ring (bicyclic) bond motifs is 1.